The van der Waals surface area contributed by atoms with Crippen molar-refractivity contribution in [1.82, 2.24) is 9.55 Å². The third kappa shape index (κ3) is 2.42. The van der Waals surface area contributed by atoms with Crippen LogP contribution in [0.1, 0.15) is 11.6 Å². The molecule has 18 heavy (non-hydrogen) atoms. The van der Waals surface area contributed by atoms with Gasteiger partial charge in [-0.05, 0) is 35.6 Å². The van der Waals surface area contributed by atoms with E-state index in [-0.39, 0.29) is 18.0 Å². The minimum Gasteiger partial charge on any atom is -0.404 e. The lowest BCUT2D eigenvalue weighted by molar-refractivity contribution is -0.402. The molecule has 0 saturated carbocycles. The summed E-state index contributed by atoms with van der Waals surface area (Å²) in [6, 6.07) is 2.74. The molecule has 2 aromatic rings. The molecule has 0 amide bonds. The molecule has 0 aliphatic heterocycles. The van der Waals surface area contributed by atoms with Gasteiger partial charge in [-0.3, -0.25) is 19.5 Å². The van der Waals surface area contributed by atoms with Crippen LogP contribution in [0, 0.1) is 20.6 Å². The first-order chi connectivity index (χ1) is 8.49. The van der Waals surface area contributed by atoms with Crippen LogP contribution in [0.4, 0.5) is 5.88 Å². The van der Waals surface area contributed by atoms with Crippen LogP contribution in [0.3, 0.4) is 0 Å². The van der Waals surface area contributed by atoms with Gasteiger partial charge in [-0.2, -0.15) is 0 Å². The second-order valence-electron chi connectivity index (χ2n) is 3.54. The Labute approximate surface area is 115 Å². The molecule has 0 radical (unpaired) electrons. The van der Waals surface area contributed by atoms with Crippen molar-refractivity contribution >= 4 is 28.5 Å². The van der Waals surface area contributed by atoms with E-state index in [2.05, 4.69) is 4.98 Å². The predicted octanol–water partition coefficient (Wildman–Crippen LogP) is 1.71. The van der Waals surface area contributed by atoms with Crippen molar-refractivity contribution in [2.45, 2.75) is 13.5 Å². The van der Waals surface area contributed by atoms with Crippen LogP contribution in [0.2, 0.25) is 0 Å². The molecule has 2 heterocycles. The van der Waals surface area contributed by atoms with E-state index in [0.29, 0.717) is 15.2 Å². The summed E-state index contributed by atoms with van der Waals surface area (Å²) in [5, 5.41) is 10.5. The highest BCUT2D eigenvalue weighted by molar-refractivity contribution is 14.1. The lowest BCUT2D eigenvalue weighted by Gasteiger charge is -2.06. The third-order valence-corrected chi connectivity index (χ3v) is 3.09. The van der Waals surface area contributed by atoms with Gasteiger partial charge in [-0.15, -0.1) is 0 Å². The Morgan fingerprint density at radius 1 is 1.56 bits per heavy atom. The lowest BCUT2D eigenvalue weighted by atomic mass is 10.4. The SMILES string of the molecule is Cc1ncc(I)c(=O)n1Cc1ccc([N+](=O)[O-])o1. The fraction of sp³-hybridized carbons (Fsp3) is 0.200. The Hall–Kier alpha value is -1.71. The molecular weight excluding hydrogens is 353 g/mol. The fourth-order valence-corrected chi connectivity index (χ4v) is 1.87. The number of hydrogen-bond donors (Lipinski definition) is 0. The number of rotatable bonds is 3. The zero-order valence-corrected chi connectivity index (χ0v) is 11.4. The molecule has 0 aromatic carbocycles. The molecule has 94 valence electrons. The average Bonchev–Trinajstić information content (AvgIpc) is 2.78. The number of aryl methyl sites for hydroxylation is 1. The highest BCUT2D eigenvalue weighted by atomic mass is 127. The van der Waals surface area contributed by atoms with Crippen LogP contribution in [-0.4, -0.2) is 14.5 Å². The van der Waals surface area contributed by atoms with Gasteiger partial charge < -0.3 is 4.42 Å². The molecule has 8 heteroatoms. The first-order valence-corrected chi connectivity index (χ1v) is 6.02. The van der Waals surface area contributed by atoms with Crippen LogP contribution >= 0.6 is 22.6 Å². The number of aromatic nitrogens is 2. The number of hydrogen-bond acceptors (Lipinski definition) is 5. The van der Waals surface area contributed by atoms with Crippen molar-refractivity contribution in [3.63, 3.8) is 0 Å². The van der Waals surface area contributed by atoms with Gasteiger partial charge >= 0.3 is 5.88 Å². The quantitative estimate of drug-likeness (QED) is 0.472. The van der Waals surface area contributed by atoms with Gasteiger partial charge in [-0.25, -0.2) is 4.98 Å². The third-order valence-electron chi connectivity index (χ3n) is 2.35. The number of nitro groups is 1. The van der Waals surface area contributed by atoms with Crippen LogP contribution in [0.5, 0.6) is 0 Å². The molecule has 0 N–H and O–H groups in total. The summed E-state index contributed by atoms with van der Waals surface area (Å²) in [5.41, 5.74) is -0.192. The summed E-state index contributed by atoms with van der Waals surface area (Å²) in [6.07, 6.45) is 1.49. The predicted molar refractivity (Wildman–Crippen MR) is 70.4 cm³/mol. The number of nitrogens with zero attached hydrogens (tertiary/aromatic N) is 3. The van der Waals surface area contributed by atoms with Crippen LogP contribution in [0.25, 0.3) is 0 Å². The van der Waals surface area contributed by atoms with E-state index in [1.807, 2.05) is 22.6 Å². The van der Waals surface area contributed by atoms with E-state index in [1.165, 1.54) is 22.9 Å². The summed E-state index contributed by atoms with van der Waals surface area (Å²) in [6.45, 7) is 1.82. The summed E-state index contributed by atoms with van der Waals surface area (Å²) in [5.74, 6) is 0.532. The topological polar surface area (TPSA) is 91.2 Å². The number of furan rings is 1. The standard InChI is InChI=1S/C10H8IN3O4/c1-6-12-4-8(11)10(15)13(6)5-7-2-3-9(18-7)14(16)17/h2-4H,5H2,1H3. The maximum atomic E-state index is 11.9. The second kappa shape index (κ2) is 4.88. The monoisotopic (exact) mass is 361 g/mol. The van der Waals surface area contributed by atoms with Crippen LogP contribution in [0.15, 0.2) is 27.5 Å². The fourth-order valence-electron chi connectivity index (χ4n) is 1.44. The molecule has 0 fully saturated rings. The van der Waals surface area contributed by atoms with Gasteiger partial charge in [0.25, 0.3) is 5.56 Å². The Morgan fingerprint density at radius 2 is 2.28 bits per heavy atom. The van der Waals surface area contributed by atoms with Crippen molar-refractivity contribution < 1.29 is 9.34 Å². The van der Waals surface area contributed by atoms with Gasteiger partial charge in [0.1, 0.15) is 16.5 Å². The molecule has 0 atom stereocenters. The average molecular weight is 361 g/mol. The molecule has 0 aliphatic rings. The normalized spacial score (nSPS) is 10.6. The number of halogens is 1. The smallest absolute Gasteiger partial charge is 0.404 e. The molecule has 0 bridgehead atoms. The first-order valence-electron chi connectivity index (χ1n) is 4.94. The summed E-state index contributed by atoms with van der Waals surface area (Å²) in [7, 11) is 0. The van der Waals surface area contributed by atoms with Crippen molar-refractivity contribution in [2.75, 3.05) is 0 Å². The van der Waals surface area contributed by atoms with Gasteiger partial charge in [0, 0.05) is 6.20 Å². The van der Waals surface area contributed by atoms with Crippen molar-refractivity contribution in [2.24, 2.45) is 0 Å². The molecule has 2 aromatic heterocycles. The van der Waals surface area contributed by atoms with Crippen LogP contribution in [-0.2, 0) is 6.54 Å². The van der Waals surface area contributed by atoms with E-state index in [4.69, 9.17) is 4.42 Å². The molecule has 0 aliphatic carbocycles. The Bertz CT molecular complexity index is 661. The minimum atomic E-state index is -0.619. The highest BCUT2D eigenvalue weighted by Crippen LogP contribution is 2.16. The maximum Gasteiger partial charge on any atom is 0.433 e. The Balaban J connectivity index is 2.37. The Morgan fingerprint density at radius 3 is 2.89 bits per heavy atom. The maximum absolute atomic E-state index is 11.9. The van der Waals surface area contributed by atoms with E-state index >= 15 is 0 Å². The van der Waals surface area contributed by atoms with Crippen molar-refractivity contribution in [3.8, 4) is 0 Å². The summed E-state index contributed by atoms with van der Waals surface area (Å²) >= 11 is 1.89. The molecule has 7 nitrogen and oxygen atoms in total. The first kappa shape index (κ1) is 12.7. The van der Waals surface area contributed by atoms with Crippen molar-refractivity contribution in [3.05, 3.63) is 54.0 Å². The van der Waals surface area contributed by atoms with E-state index in [9.17, 15) is 14.9 Å². The van der Waals surface area contributed by atoms with Crippen LogP contribution < -0.4 is 5.56 Å². The van der Waals surface area contributed by atoms with E-state index in [1.54, 1.807) is 6.92 Å². The zero-order chi connectivity index (χ0) is 13.3. The molecule has 2 rings (SSSR count). The zero-order valence-electron chi connectivity index (χ0n) is 9.29. The second-order valence-corrected chi connectivity index (χ2v) is 4.70. The summed E-state index contributed by atoms with van der Waals surface area (Å²) in [4.78, 5) is 25.8. The van der Waals surface area contributed by atoms with Gasteiger partial charge in [0.15, 0.2) is 0 Å². The molecule has 0 spiro atoms. The highest BCUT2D eigenvalue weighted by Gasteiger charge is 2.14. The van der Waals surface area contributed by atoms with Gasteiger partial charge in [0.05, 0.1) is 16.2 Å². The summed E-state index contributed by atoms with van der Waals surface area (Å²) < 4.78 is 6.90. The van der Waals surface area contributed by atoms with Gasteiger partial charge in [-0.1, -0.05) is 0 Å². The van der Waals surface area contributed by atoms with E-state index < -0.39 is 4.92 Å². The van der Waals surface area contributed by atoms with E-state index in [0.717, 1.165) is 0 Å². The molecule has 0 unspecified atom stereocenters. The largest absolute Gasteiger partial charge is 0.433 e. The lowest BCUT2D eigenvalue weighted by Crippen LogP contribution is -2.25. The minimum absolute atomic E-state index is 0.127. The van der Waals surface area contributed by atoms with Crippen molar-refractivity contribution in [1.29, 1.82) is 0 Å². The molecular formula is C10H8IN3O4. The molecule has 0 saturated heterocycles. The van der Waals surface area contributed by atoms with Gasteiger partial charge in [0.2, 0.25) is 0 Å². The Kier molecular flexibility index (Phi) is 3.45.